The molecule has 1 heterocycles. The Morgan fingerprint density at radius 3 is 2.45 bits per heavy atom. The normalized spacial score (nSPS) is 15.1. The van der Waals surface area contributed by atoms with E-state index >= 15 is 0 Å². The number of nitrogens with zero attached hydrogens (tertiary/aromatic N) is 2. The van der Waals surface area contributed by atoms with Crippen molar-refractivity contribution in [3.63, 3.8) is 0 Å². The van der Waals surface area contributed by atoms with Crippen LogP contribution < -0.4 is 0 Å². The summed E-state index contributed by atoms with van der Waals surface area (Å²) in [7, 11) is 0. The van der Waals surface area contributed by atoms with Crippen molar-refractivity contribution in [1.82, 2.24) is 9.55 Å². The number of halogens is 2. The highest BCUT2D eigenvalue weighted by atomic mass is 35.5. The van der Waals surface area contributed by atoms with Crippen molar-refractivity contribution in [1.29, 1.82) is 0 Å². The predicted octanol–water partition coefficient (Wildman–Crippen LogP) is 4.12. The highest BCUT2D eigenvalue weighted by Gasteiger charge is 2.43. The fourth-order valence-electron chi connectivity index (χ4n) is 2.20. The number of aliphatic hydroxyl groups is 1. The standard InChI is InChI=1S/C15H18Cl2N2O/c1-14(2,3)15(20,9-19-7-6-18-10-19)12-5-4-11(16)8-13(12)17/h4-8,10,20H,9H2,1-3H3. The Hall–Kier alpha value is -1.03. The van der Waals surface area contributed by atoms with Crippen molar-refractivity contribution in [3.05, 3.63) is 52.5 Å². The molecule has 2 aromatic rings. The molecule has 0 bridgehead atoms. The van der Waals surface area contributed by atoms with Gasteiger partial charge >= 0.3 is 0 Å². The van der Waals surface area contributed by atoms with Gasteiger partial charge in [0.1, 0.15) is 5.60 Å². The van der Waals surface area contributed by atoms with E-state index in [2.05, 4.69) is 4.98 Å². The molecule has 1 unspecified atom stereocenters. The SMILES string of the molecule is CC(C)(C)C(O)(Cn1ccnc1)c1ccc(Cl)cc1Cl. The van der Waals surface area contributed by atoms with Crippen LogP contribution in [0.1, 0.15) is 26.3 Å². The summed E-state index contributed by atoms with van der Waals surface area (Å²) in [6.45, 7) is 6.32. The minimum atomic E-state index is -1.13. The number of rotatable bonds is 3. The summed E-state index contributed by atoms with van der Waals surface area (Å²) in [5.74, 6) is 0. The highest BCUT2D eigenvalue weighted by Crippen LogP contribution is 2.43. The molecule has 0 fully saturated rings. The summed E-state index contributed by atoms with van der Waals surface area (Å²) in [4.78, 5) is 4.02. The van der Waals surface area contributed by atoms with Crippen LogP contribution in [-0.4, -0.2) is 14.7 Å². The van der Waals surface area contributed by atoms with Crippen molar-refractivity contribution in [3.8, 4) is 0 Å². The minimum Gasteiger partial charge on any atom is -0.383 e. The zero-order valence-electron chi connectivity index (χ0n) is 11.8. The van der Waals surface area contributed by atoms with E-state index in [1.807, 2.05) is 31.5 Å². The Morgan fingerprint density at radius 2 is 1.95 bits per heavy atom. The van der Waals surface area contributed by atoms with E-state index in [1.54, 1.807) is 30.7 Å². The van der Waals surface area contributed by atoms with Gasteiger partial charge in [-0.25, -0.2) is 4.98 Å². The van der Waals surface area contributed by atoms with E-state index < -0.39 is 11.0 Å². The lowest BCUT2D eigenvalue weighted by Gasteiger charge is -2.41. The van der Waals surface area contributed by atoms with E-state index in [-0.39, 0.29) is 0 Å². The Morgan fingerprint density at radius 1 is 1.25 bits per heavy atom. The molecule has 20 heavy (non-hydrogen) atoms. The summed E-state index contributed by atoms with van der Waals surface area (Å²) in [6.07, 6.45) is 5.19. The molecule has 0 amide bonds. The van der Waals surface area contributed by atoms with Crippen LogP contribution in [0.4, 0.5) is 0 Å². The zero-order chi connectivity index (χ0) is 15.0. The van der Waals surface area contributed by atoms with Gasteiger partial charge in [-0.05, 0) is 17.5 Å². The Labute approximate surface area is 129 Å². The molecular weight excluding hydrogens is 295 g/mol. The first kappa shape index (κ1) is 15.4. The van der Waals surface area contributed by atoms with Crippen molar-refractivity contribution in [2.24, 2.45) is 5.41 Å². The summed E-state index contributed by atoms with van der Waals surface area (Å²) in [5.41, 5.74) is -0.867. The lowest BCUT2D eigenvalue weighted by atomic mass is 9.72. The van der Waals surface area contributed by atoms with Crippen LogP contribution in [-0.2, 0) is 12.1 Å². The average Bonchev–Trinajstić information content (AvgIpc) is 2.79. The molecule has 0 aliphatic carbocycles. The largest absolute Gasteiger partial charge is 0.383 e. The van der Waals surface area contributed by atoms with Crippen molar-refractivity contribution in [2.75, 3.05) is 0 Å². The molecule has 0 saturated carbocycles. The van der Waals surface area contributed by atoms with Gasteiger partial charge in [-0.15, -0.1) is 0 Å². The third-order valence-electron chi connectivity index (χ3n) is 3.59. The summed E-state index contributed by atoms with van der Waals surface area (Å²) in [5, 5.41) is 12.3. The summed E-state index contributed by atoms with van der Waals surface area (Å²) >= 11 is 12.2. The van der Waals surface area contributed by atoms with Crippen LogP contribution in [0.2, 0.25) is 10.0 Å². The molecule has 108 valence electrons. The zero-order valence-corrected chi connectivity index (χ0v) is 13.3. The van der Waals surface area contributed by atoms with Gasteiger partial charge in [0.15, 0.2) is 0 Å². The Balaban J connectivity index is 2.52. The fraction of sp³-hybridized carbons (Fsp3) is 0.400. The summed E-state index contributed by atoms with van der Waals surface area (Å²) < 4.78 is 1.84. The molecule has 0 aliphatic rings. The molecule has 0 saturated heterocycles. The van der Waals surface area contributed by atoms with Crippen LogP contribution in [0.5, 0.6) is 0 Å². The number of imidazole rings is 1. The smallest absolute Gasteiger partial charge is 0.114 e. The van der Waals surface area contributed by atoms with Crippen LogP contribution in [0.15, 0.2) is 36.9 Å². The minimum absolute atomic E-state index is 0.373. The average molecular weight is 313 g/mol. The Kier molecular flexibility index (Phi) is 4.14. The lowest BCUT2D eigenvalue weighted by molar-refractivity contribution is -0.0780. The first-order valence-corrected chi connectivity index (χ1v) is 7.13. The van der Waals surface area contributed by atoms with E-state index in [0.717, 1.165) is 0 Å². The first-order valence-electron chi connectivity index (χ1n) is 6.38. The fourth-order valence-corrected chi connectivity index (χ4v) is 2.76. The quantitative estimate of drug-likeness (QED) is 0.925. The van der Waals surface area contributed by atoms with E-state index in [9.17, 15) is 5.11 Å². The molecule has 0 spiro atoms. The van der Waals surface area contributed by atoms with Gasteiger partial charge in [0, 0.05) is 28.0 Å². The molecular formula is C15H18Cl2N2O. The molecule has 0 radical (unpaired) electrons. The number of hydrogen-bond acceptors (Lipinski definition) is 2. The van der Waals surface area contributed by atoms with Crippen molar-refractivity contribution < 1.29 is 5.11 Å². The first-order chi connectivity index (χ1) is 9.24. The third-order valence-corrected chi connectivity index (χ3v) is 4.14. The molecule has 1 aromatic carbocycles. The van der Waals surface area contributed by atoms with E-state index in [1.165, 1.54) is 0 Å². The molecule has 3 nitrogen and oxygen atoms in total. The highest BCUT2D eigenvalue weighted by molar-refractivity contribution is 6.35. The maximum absolute atomic E-state index is 11.3. The van der Waals surface area contributed by atoms with Crippen LogP contribution in [0, 0.1) is 5.41 Å². The second-order valence-corrected chi connectivity index (χ2v) is 6.81. The van der Waals surface area contributed by atoms with Gasteiger partial charge < -0.3 is 9.67 Å². The van der Waals surface area contributed by atoms with E-state index in [4.69, 9.17) is 23.2 Å². The molecule has 1 aromatic heterocycles. The third kappa shape index (κ3) is 2.85. The lowest BCUT2D eigenvalue weighted by Crippen LogP contribution is -2.43. The monoisotopic (exact) mass is 312 g/mol. The predicted molar refractivity (Wildman–Crippen MR) is 82.0 cm³/mol. The maximum atomic E-state index is 11.3. The second-order valence-electron chi connectivity index (χ2n) is 5.97. The maximum Gasteiger partial charge on any atom is 0.114 e. The van der Waals surface area contributed by atoms with Crippen molar-refractivity contribution >= 4 is 23.2 Å². The number of benzene rings is 1. The number of aromatic nitrogens is 2. The topological polar surface area (TPSA) is 38.0 Å². The van der Waals surface area contributed by atoms with Gasteiger partial charge in [-0.3, -0.25) is 0 Å². The van der Waals surface area contributed by atoms with Gasteiger partial charge in [0.2, 0.25) is 0 Å². The van der Waals surface area contributed by atoms with Crippen molar-refractivity contribution in [2.45, 2.75) is 32.9 Å². The molecule has 5 heteroatoms. The summed E-state index contributed by atoms with van der Waals surface area (Å²) in [6, 6.07) is 5.18. The van der Waals surface area contributed by atoms with Gasteiger partial charge in [0.25, 0.3) is 0 Å². The van der Waals surface area contributed by atoms with E-state index in [0.29, 0.717) is 22.2 Å². The molecule has 0 aliphatic heterocycles. The Bertz CT molecular complexity index is 590. The van der Waals surface area contributed by atoms with Gasteiger partial charge in [0.05, 0.1) is 12.9 Å². The van der Waals surface area contributed by atoms with Crippen LogP contribution in [0.3, 0.4) is 0 Å². The second kappa shape index (κ2) is 5.40. The molecule has 1 N–H and O–H groups in total. The van der Waals surface area contributed by atoms with Crippen LogP contribution in [0.25, 0.3) is 0 Å². The van der Waals surface area contributed by atoms with Crippen LogP contribution >= 0.6 is 23.2 Å². The molecule has 1 atom stereocenters. The number of hydrogen-bond donors (Lipinski definition) is 1. The van der Waals surface area contributed by atoms with Gasteiger partial charge in [-0.2, -0.15) is 0 Å². The van der Waals surface area contributed by atoms with Gasteiger partial charge in [-0.1, -0.05) is 50.0 Å². The molecule has 2 rings (SSSR count).